The average molecular weight is 259 g/mol. The van der Waals surface area contributed by atoms with Crippen molar-refractivity contribution in [3.8, 4) is 0 Å². The minimum Gasteiger partial charge on any atom is -0.352 e. The Morgan fingerprint density at radius 3 is 2.84 bits per heavy atom. The number of aromatic amines is 1. The highest BCUT2D eigenvalue weighted by atomic mass is 16.2. The third-order valence-corrected chi connectivity index (χ3v) is 2.37. The number of hydrogen-bond donors (Lipinski definition) is 3. The molecule has 7 nitrogen and oxygen atoms in total. The van der Waals surface area contributed by atoms with Crippen molar-refractivity contribution in [3.63, 3.8) is 0 Å². The van der Waals surface area contributed by atoms with Crippen molar-refractivity contribution < 1.29 is 9.59 Å². The van der Waals surface area contributed by atoms with E-state index in [4.69, 9.17) is 0 Å². The van der Waals surface area contributed by atoms with Crippen molar-refractivity contribution in [2.75, 3.05) is 11.9 Å². The second-order valence-corrected chi connectivity index (χ2v) is 3.75. The highest BCUT2D eigenvalue weighted by Crippen LogP contribution is 2.11. The number of nitrogens with zero attached hydrogens (tertiary/aromatic N) is 2. The van der Waals surface area contributed by atoms with Crippen LogP contribution in [0.3, 0.4) is 0 Å². The summed E-state index contributed by atoms with van der Waals surface area (Å²) in [6.45, 7) is 2.39. The predicted octanol–water partition coefficient (Wildman–Crippen LogP) is 0.807. The number of amides is 2. The first-order valence-electron chi connectivity index (χ1n) is 5.76. The maximum absolute atomic E-state index is 11.7. The molecule has 0 aliphatic rings. The topological polar surface area (TPSA) is 99.8 Å². The monoisotopic (exact) mass is 259 g/mol. The van der Waals surface area contributed by atoms with Crippen molar-refractivity contribution in [1.82, 2.24) is 20.7 Å². The summed E-state index contributed by atoms with van der Waals surface area (Å²) < 4.78 is 0. The Balaban J connectivity index is 2.11. The highest BCUT2D eigenvalue weighted by molar-refractivity contribution is 6.03. The molecule has 7 heteroatoms. The Hall–Kier alpha value is -2.70. The Labute approximate surface area is 109 Å². The van der Waals surface area contributed by atoms with E-state index in [1.807, 2.05) is 6.92 Å². The van der Waals surface area contributed by atoms with E-state index in [0.717, 1.165) is 0 Å². The van der Waals surface area contributed by atoms with Crippen LogP contribution in [0.2, 0.25) is 0 Å². The summed E-state index contributed by atoms with van der Waals surface area (Å²) in [4.78, 5) is 23.4. The standard InChI is InChI=1S/C12H13N5O2/c1-2-13-11(18)8-4-3-5-9(6-8)15-12(19)10-7-14-17-16-10/h3-7H,2H2,1H3,(H,13,18)(H,15,19)(H,14,16,17). The van der Waals surface area contributed by atoms with E-state index in [1.165, 1.54) is 6.20 Å². The molecule has 2 rings (SSSR count). The van der Waals surface area contributed by atoms with Crippen molar-refractivity contribution in [2.45, 2.75) is 6.92 Å². The zero-order valence-corrected chi connectivity index (χ0v) is 10.3. The van der Waals surface area contributed by atoms with Crippen molar-refractivity contribution in [2.24, 2.45) is 0 Å². The van der Waals surface area contributed by atoms with Gasteiger partial charge in [0, 0.05) is 17.8 Å². The largest absolute Gasteiger partial charge is 0.352 e. The lowest BCUT2D eigenvalue weighted by Crippen LogP contribution is -2.22. The molecule has 0 atom stereocenters. The zero-order valence-electron chi connectivity index (χ0n) is 10.3. The van der Waals surface area contributed by atoms with E-state index in [9.17, 15) is 9.59 Å². The van der Waals surface area contributed by atoms with Gasteiger partial charge >= 0.3 is 0 Å². The maximum Gasteiger partial charge on any atom is 0.277 e. The van der Waals surface area contributed by atoms with Gasteiger partial charge in [-0.1, -0.05) is 6.07 Å². The fourth-order valence-electron chi connectivity index (χ4n) is 1.51. The summed E-state index contributed by atoms with van der Waals surface area (Å²) >= 11 is 0. The fraction of sp³-hybridized carbons (Fsp3) is 0.167. The van der Waals surface area contributed by atoms with Crippen LogP contribution in [0.5, 0.6) is 0 Å². The van der Waals surface area contributed by atoms with Crippen molar-refractivity contribution in [1.29, 1.82) is 0 Å². The molecule has 1 heterocycles. The molecule has 0 aliphatic carbocycles. The molecule has 0 unspecified atom stereocenters. The third-order valence-electron chi connectivity index (χ3n) is 2.37. The number of rotatable bonds is 4. The summed E-state index contributed by atoms with van der Waals surface area (Å²) in [7, 11) is 0. The number of aromatic nitrogens is 3. The van der Waals surface area contributed by atoms with Gasteiger partial charge in [-0.05, 0) is 25.1 Å². The number of carbonyl (C=O) groups is 2. The Morgan fingerprint density at radius 2 is 2.16 bits per heavy atom. The first-order valence-corrected chi connectivity index (χ1v) is 5.76. The number of H-pyrrole nitrogens is 1. The molecule has 0 radical (unpaired) electrons. The van der Waals surface area contributed by atoms with E-state index in [0.29, 0.717) is 17.8 Å². The maximum atomic E-state index is 11.7. The van der Waals surface area contributed by atoms with Gasteiger partial charge in [0.25, 0.3) is 11.8 Å². The van der Waals surface area contributed by atoms with Gasteiger partial charge in [-0.2, -0.15) is 15.4 Å². The molecule has 0 fully saturated rings. The molecule has 1 aromatic heterocycles. The molecule has 98 valence electrons. The van der Waals surface area contributed by atoms with E-state index < -0.39 is 0 Å². The molecular weight excluding hydrogens is 246 g/mol. The summed E-state index contributed by atoms with van der Waals surface area (Å²) in [6.07, 6.45) is 1.32. The molecule has 0 bridgehead atoms. The molecule has 0 aliphatic heterocycles. The van der Waals surface area contributed by atoms with Gasteiger partial charge in [0.15, 0.2) is 5.69 Å². The van der Waals surface area contributed by atoms with Gasteiger partial charge in [-0.3, -0.25) is 9.59 Å². The van der Waals surface area contributed by atoms with Crippen LogP contribution in [0.4, 0.5) is 5.69 Å². The first kappa shape index (κ1) is 12.7. The molecule has 0 saturated heterocycles. The Morgan fingerprint density at radius 1 is 1.32 bits per heavy atom. The molecule has 3 N–H and O–H groups in total. The lowest BCUT2D eigenvalue weighted by Gasteiger charge is -2.06. The molecular formula is C12H13N5O2. The summed E-state index contributed by atoms with van der Waals surface area (Å²) in [6, 6.07) is 6.67. The molecule has 19 heavy (non-hydrogen) atoms. The van der Waals surface area contributed by atoms with Crippen LogP contribution in [0.1, 0.15) is 27.8 Å². The second kappa shape index (κ2) is 5.76. The lowest BCUT2D eigenvalue weighted by atomic mass is 10.2. The average Bonchev–Trinajstić information content (AvgIpc) is 2.93. The highest BCUT2D eigenvalue weighted by Gasteiger charge is 2.10. The van der Waals surface area contributed by atoms with E-state index in [-0.39, 0.29) is 17.5 Å². The van der Waals surface area contributed by atoms with Gasteiger partial charge in [-0.25, -0.2) is 0 Å². The predicted molar refractivity (Wildman–Crippen MR) is 68.8 cm³/mol. The van der Waals surface area contributed by atoms with Crippen molar-refractivity contribution >= 4 is 17.5 Å². The fourth-order valence-corrected chi connectivity index (χ4v) is 1.51. The Bertz CT molecular complexity index is 580. The summed E-state index contributed by atoms with van der Waals surface area (Å²) in [5, 5.41) is 14.9. The van der Waals surface area contributed by atoms with Crippen LogP contribution >= 0.6 is 0 Å². The van der Waals surface area contributed by atoms with Gasteiger partial charge in [-0.15, -0.1) is 0 Å². The van der Waals surface area contributed by atoms with Gasteiger partial charge < -0.3 is 10.6 Å². The lowest BCUT2D eigenvalue weighted by molar-refractivity contribution is 0.0954. The SMILES string of the molecule is CCNC(=O)c1cccc(NC(=O)c2cn[nH]n2)c1. The minimum absolute atomic E-state index is 0.181. The zero-order chi connectivity index (χ0) is 13.7. The Kier molecular flexibility index (Phi) is 3.87. The molecule has 0 saturated carbocycles. The number of carbonyl (C=O) groups excluding carboxylic acids is 2. The molecule has 2 amide bonds. The van der Waals surface area contributed by atoms with Crippen LogP contribution in [-0.4, -0.2) is 33.8 Å². The quantitative estimate of drug-likeness (QED) is 0.756. The summed E-state index contributed by atoms with van der Waals surface area (Å²) in [5.41, 5.74) is 1.19. The second-order valence-electron chi connectivity index (χ2n) is 3.75. The summed E-state index contributed by atoms with van der Waals surface area (Å²) in [5.74, 6) is -0.568. The van der Waals surface area contributed by atoms with Crippen LogP contribution in [0.25, 0.3) is 0 Å². The van der Waals surface area contributed by atoms with Gasteiger partial charge in [0.2, 0.25) is 0 Å². The number of anilines is 1. The molecule has 0 spiro atoms. The van der Waals surface area contributed by atoms with Crippen LogP contribution in [0.15, 0.2) is 30.5 Å². The molecule has 1 aromatic carbocycles. The van der Waals surface area contributed by atoms with Gasteiger partial charge in [0.1, 0.15) is 0 Å². The van der Waals surface area contributed by atoms with E-state index in [1.54, 1.807) is 24.3 Å². The van der Waals surface area contributed by atoms with Crippen LogP contribution < -0.4 is 10.6 Å². The van der Waals surface area contributed by atoms with Crippen LogP contribution in [0, 0.1) is 0 Å². The van der Waals surface area contributed by atoms with Crippen LogP contribution in [-0.2, 0) is 0 Å². The number of benzene rings is 1. The van der Waals surface area contributed by atoms with Crippen molar-refractivity contribution in [3.05, 3.63) is 41.7 Å². The minimum atomic E-state index is -0.387. The smallest absolute Gasteiger partial charge is 0.277 e. The number of nitrogens with one attached hydrogen (secondary N) is 3. The third kappa shape index (κ3) is 3.15. The normalized spacial score (nSPS) is 9.95. The number of hydrogen-bond acceptors (Lipinski definition) is 4. The van der Waals surface area contributed by atoms with E-state index >= 15 is 0 Å². The first-order chi connectivity index (χ1) is 9.20. The van der Waals surface area contributed by atoms with E-state index in [2.05, 4.69) is 26.0 Å². The molecule has 2 aromatic rings. The van der Waals surface area contributed by atoms with Gasteiger partial charge in [0.05, 0.1) is 6.20 Å².